The summed E-state index contributed by atoms with van der Waals surface area (Å²) >= 11 is 0. The van der Waals surface area contributed by atoms with E-state index in [1.165, 1.54) is 4.90 Å². The third kappa shape index (κ3) is 4.39. The minimum atomic E-state index is -0.965. The highest BCUT2D eigenvalue weighted by molar-refractivity contribution is 6.06. The zero-order valence-electron chi connectivity index (χ0n) is 23.4. The molecule has 222 valence electrons. The number of hydrogen-bond acceptors (Lipinski definition) is 7. The number of halogens is 2. The summed E-state index contributed by atoms with van der Waals surface area (Å²) in [5.41, 5.74) is 0.656. The lowest BCUT2D eigenvalue weighted by Gasteiger charge is -2.58. The van der Waals surface area contributed by atoms with Crippen molar-refractivity contribution >= 4 is 29.4 Å². The molecular weight excluding hydrogens is 558 g/mol. The number of nitrogens with one attached hydrogen (secondary N) is 3. The number of aromatic nitrogens is 2. The second kappa shape index (κ2) is 9.61. The SMILES string of the molecule is CC1(CO)CC2(C1)NCC(c1cc(F)cc(F)c1)N(CC(=O)Nc1cc3c(cn1)CC1(C3)C(=O)Nc3ncccc31)C2=O. The van der Waals surface area contributed by atoms with E-state index in [9.17, 15) is 28.3 Å². The summed E-state index contributed by atoms with van der Waals surface area (Å²) in [4.78, 5) is 50.3. The minimum Gasteiger partial charge on any atom is -0.396 e. The molecule has 4 aliphatic rings. The average Bonchev–Trinajstić information content (AvgIpc) is 3.46. The van der Waals surface area contributed by atoms with Gasteiger partial charge in [-0.3, -0.25) is 14.4 Å². The molecular formula is C31H30F2N6O4. The van der Waals surface area contributed by atoms with Gasteiger partial charge in [-0.15, -0.1) is 0 Å². The van der Waals surface area contributed by atoms with Gasteiger partial charge < -0.3 is 26.0 Å². The van der Waals surface area contributed by atoms with Crippen molar-refractivity contribution in [1.82, 2.24) is 20.2 Å². The van der Waals surface area contributed by atoms with Crippen LogP contribution >= 0.6 is 0 Å². The van der Waals surface area contributed by atoms with E-state index in [4.69, 9.17) is 0 Å². The molecule has 2 aliphatic heterocycles. The van der Waals surface area contributed by atoms with Crippen molar-refractivity contribution in [2.24, 2.45) is 5.41 Å². The van der Waals surface area contributed by atoms with Crippen LogP contribution in [0, 0.1) is 17.0 Å². The van der Waals surface area contributed by atoms with Gasteiger partial charge in [0, 0.05) is 37.2 Å². The van der Waals surface area contributed by atoms with Gasteiger partial charge in [0.15, 0.2) is 0 Å². The number of rotatable bonds is 5. The molecule has 1 aromatic carbocycles. The first-order chi connectivity index (χ1) is 20.5. The van der Waals surface area contributed by atoms with Crippen molar-refractivity contribution in [3.8, 4) is 0 Å². The average molecular weight is 589 g/mol. The van der Waals surface area contributed by atoms with Crippen LogP contribution in [0.4, 0.5) is 20.4 Å². The number of amides is 3. The first-order valence-electron chi connectivity index (χ1n) is 14.2. The van der Waals surface area contributed by atoms with E-state index >= 15 is 0 Å². The number of benzene rings is 1. The van der Waals surface area contributed by atoms with Gasteiger partial charge in [-0.1, -0.05) is 13.0 Å². The Kier molecular flexibility index (Phi) is 6.16. The Morgan fingerprint density at radius 1 is 1.12 bits per heavy atom. The van der Waals surface area contributed by atoms with Crippen molar-refractivity contribution in [3.05, 3.63) is 82.7 Å². The van der Waals surface area contributed by atoms with E-state index in [1.54, 1.807) is 24.5 Å². The number of carbonyl (C=O) groups excluding carboxylic acids is 3. The summed E-state index contributed by atoms with van der Waals surface area (Å²) in [7, 11) is 0. The third-order valence-corrected chi connectivity index (χ3v) is 9.43. The zero-order chi connectivity index (χ0) is 30.1. The summed E-state index contributed by atoms with van der Waals surface area (Å²) in [6.07, 6.45) is 4.91. The molecule has 4 N–H and O–H groups in total. The fraction of sp³-hybridized carbons (Fsp3) is 0.387. The van der Waals surface area contributed by atoms with Gasteiger partial charge >= 0.3 is 0 Å². The van der Waals surface area contributed by atoms with Crippen LogP contribution in [0.3, 0.4) is 0 Å². The van der Waals surface area contributed by atoms with Gasteiger partial charge in [0.2, 0.25) is 17.7 Å². The number of piperazine rings is 1. The Morgan fingerprint density at radius 3 is 2.60 bits per heavy atom. The fourth-order valence-electron chi connectivity index (χ4n) is 7.49. The molecule has 3 amide bonds. The van der Waals surface area contributed by atoms with Crippen LogP contribution in [-0.4, -0.2) is 62.9 Å². The normalized spacial score (nSPS) is 28.9. The Labute approximate surface area is 245 Å². The molecule has 2 atom stereocenters. The van der Waals surface area contributed by atoms with Crippen molar-refractivity contribution in [2.45, 2.75) is 49.6 Å². The van der Waals surface area contributed by atoms with E-state index in [0.29, 0.717) is 31.5 Å². The maximum Gasteiger partial charge on any atom is 0.245 e. The molecule has 2 aliphatic carbocycles. The number of nitrogens with zero attached hydrogens (tertiary/aromatic N) is 3. The van der Waals surface area contributed by atoms with Gasteiger partial charge in [-0.25, -0.2) is 18.7 Å². The van der Waals surface area contributed by atoms with Gasteiger partial charge in [0.25, 0.3) is 0 Å². The largest absolute Gasteiger partial charge is 0.396 e. The predicted molar refractivity (Wildman–Crippen MR) is 151 cm³/mol. The molecule has 3 aromatic rings. The number of carbonyl (C=O) groups is 3. The fourth-order valence-corrected chi connectivity index (χ4v) is 7.49. The maximum atomic E-state index is 14.2. The minimum absolute atomic E-state index is 0.0855. The van der Waals surface area contributed by atoms with Crippen LogP contribution in [0.2, 0.25) is 0 Å². The first kappa shape index (κ1) is 27.5. The quantitative estimate of drug-likeness (QED) is 0.359. The van der Waals surface area contributed by atoms with Crippen LogP contribution in [0.1, 0.15) is 48.1 Å². The van der Waals surface area contributed by atoms with E-state index in [2.05, 4.69) is 25.9 Å². The predicted octanol–water partition coefficient (Wildman–Crippen LogP) is 2.39. The second-order valence-electron chi connectivity index (χ2n) is 12.6. The number of aliphatic hydroxyl groups is 1. The monoisotopic (exact) mass is 588 g/mol. The molecule has 2 fully saturated rings. The summed E-state index contributed by atoms with van der Waals surface area (Å²) < 4.78 is 28.3. The Balaban J connectivity index is 1.12. The van der Waals surface area contributed by atoms with Gasteiger partial charge in [-0.2, -0.15) is 0 Å². The standard InChI is InChI=1S/C31H30F2N6O4/c1-29(16-40)14-31(15-29)28(43)39(23(12-36-31)17-5-20(32)8-21(33)6-17)13-25(41)37-24-7-18-9-30(10-19(18)11-35-24)22-3-2-4-34-26(22)38-27(30)42/h2-8,11,23,36,40H,9-10,12-16H2,1H3,(H,34,38,42)(H,35,37,41). The van der Waals surface area contributed by atoms with Crippen molar-refractivity contribution in [2.75, 3.05) is 30.3 Å². The van der Waals surface area contributed by atoms with Crippen molar-refractivity contribution in [3.63, 3.8) is 0 Å². The van der Waals surface area contributed by atoms with E-state index in [1.807, 2.05) is 13.0 Å². The number of anilines is 2. The molecule has 0 bridgehead atoms. The Morgan fingerprint density at radius 2 is 1.86 bits per heavy atom. The molecule has 2 spiro atoms. The van der Waals surface area contributed by atoms with E-state index in [-0.39, 0.29) is 42.9 Å². The van der Waals surface area contributed by atoms with Crippen molar-refractivity contribution < 1.29 is 28.3 Å². The molecule has 2 aromatic heterocycles. The summed E-state index contributed by atoms with van der Waals surface area (Å²) in [6.45, 7) is 1.61. The number of fused-ring (bicyclic) bond motifs is 3. The number of hydrogen-bond donors (Lipinski definition) is 4. The molecule has 4 heterocycles. The van der Waals surface area contributed by atoms with Gasteiger partial charge in [0.05, 0.1) is 17.0 Å². The first-order valence-corrected chi connectivity index (χ1v) is 14.2. The lowest BCUT2D eigenvalue weighted by Crippen LogP contribution is -2.73. The van der Waals surface area contributed by atoms with Crippen LogP contribution in [0.5, 0.6) is 0 Å². The topological polar surface area (TPSA) is 137 Å². The number of pyridine rings is 2. The molecule has 2 unspecified atom stereocenters. The summed E-state index contributed by atoms with van der Waals surface area (Å²) in [6, 6.07) is 7.72. The molecule has 7 rings (SSSR count). The highest BCUT2D eigenvalue weighted by Gasteiger charge is 2.60. The second-order valence-corrected chi connectivity index (χ2v) is 12.6. The van der Waals surface area contributed by atoms with Crippen LogP contribution in [-0.2, 0) is 32.6 Å². The number of aliphatic hydroxyl groups excluding tert-OH is 1. The lowest BCUT2D eigenvalue weighted by molar-refractivity contribution is -0.161. The molecule has 10 nitrogen and oxygen atoms in total. The van der Waals surface area contributed by atoms with Crippen LogP contribution in [0.15, 0.2) is 48.8 Å². The molecule has 1 saturated carbocycles. The molecule has 0 radical (unpaired) electrons. The van der Waals surface area contributed by atoms with E-state index in [0.717, 1.165) is 34.9 Å². The Hall–Kier alpha value is -4.29. The molecule has 43 heavy (non-hydrogen) atoms. The Bertz CT molecular complexity index is 1670. The van der Waals surface area contributed by atoms with E-state index < -0.39 is 40.0 Å². The molecule has 12 heteroatoms. The van der Waals surface area contributed by atoms with Crippen LogP contribution in [0.25, 0.3) is 0 Å². The lowest BCUT2D eigenvalue weighted by atomic mass is 9.57. The van der Waals surface area contributed by atoms with Gasteiger partial charge in [-0.05, 0) is 72.1 Å². The summed E-state index contributed by atoms with van der Waals surface area (Å²) in [5, 5.41) is 18.7. The van der Waals surface area contributed by atoms with Crippen LogP contribution < -0.4 is 16.0 Å². The zero-order valence-corrected chi connectivity index (χ0v) is 23.4. The summed E-state index contributed by atoms with van der Waals surface area (Å²) in [5.74, 6) is -1.74. The highest BCUT2D eigenvalue weighted by atomic mass is 19.1. The molecule has 1 saturated heterocycles. The van der Waals surface area contributed by atoms with Crippen molar-refractivity contribution in [1.29, 1.82) is 0 Å². The van der Waals surface area contributed by atoms with Gasteiger partial charge in [0.1, 0.15) is 29.8 Å². The maximum absolute atomic E-state index is 14.2. The smallest absolute Gasteiger partial charge is 0.245 e. The highest BCUT2D eigenvalue weighted by Crippen LogP contribution is 2.51. The third-order valence-electron chi connectivity index (χ3n) is 9.43.